The van der Waals surface area contributed by atoms with Gasteiger partial charge >= 0.3 is 0 Å². The first-order valence-electron chi connectivity index (χ1n) is 18.6. The lowest BCUT2D eigenvalue weighted by atomic mass is 9.96. The maximum Gasteiger partial charge on any atom is 0.251 e. The number of carbonyl (C=O) groups is 2. The predicted molar refractivity (Wildman–Crippen MR) is 200 cm³/mol. The number of benzene rings is 4. The van der Waals surface area contributed by atoms with Crippen LogP contribution in [-0.4, -0.2) is 31.5 Å². The summed E-state index contributed by atoms with van der Waals surface area (Å²) in [6, 6.07) is 1.09. The van der Waals surface area contributed by atoms with E-state index in [4.69, 9.17) is 0 Å². The average molecular weight is 1000 g/mol. The molecular weight excluding hydrogens is 996 g/mol. The zero-order valence-electron chi connectivity index (χ0n) is 32.7. The van der Waals surface area contributed by atoms with E-state index in [0.29, 0.717) is 36.4 Å². The maximum atomic E-state index is 15.8. The van der Waals surface area contributed by atoms with E-state index in [-0.39, 0.29) is 0 Å². The quantitative estimate of drug-likeness (QED) is 0.0795. The Kier molecular flexibility index (Phi) is 10.8. The van der Waals surface area contributed by atoms with E-state index in [1.807, 2.05) is 0 Å². The summed E-state index contributed by atoms with van der Waals surface area (Å²) in [7, 11) is 0. The highest BCUT2D eigenvalue weighted by atomic mass is 19.2. The molecule has 2 N–H and O–H groups in total. The molecule has 0 amide bonds. The summed E-state index contributed by atoms with van der Waals surface area (Å²) in [5.74, 6) is -59.8. The molecule has 0 fully saturated rings. The number of hydrogen-bond acceptors (Lipinski definition) is 4. The number of aromatic amines is 2. The smallest absolute Gasteiger partial charge is 0.251 e. The third-order valence-corrected chi connectivity index (χ3v) is 10.8. The third-order valence-electron chi connectivity index (χ3n) is 10.8. The minimum absolute atomic E-state index is 0.382. The van der Waals surface area contributed by atoms with E-state index in [9.17, 15) is 62.3 Å². The highest BCUT2D eigenvalue weighted by Crippen LogP contribution is 2.45. The van der Waals surface area contributed by atoms with Crippen LogP contribution in [-0.2, 0) is 0 Å². The standard InChI is InChI=1S/C44H8F20N4O2/c45-21-17(22(46)30(54)37(61)29(21)53)13-7-1-2-8(65-7)14(18-23(47)31(55)38(62)32(56)24(18)48)10-4-6-12(67-10)16(20-27(51)35(59)40(64)36(60)28(20)52)42-44(70)43(69)41(68-42)15(11-5-3-9(13)66-11)19-25(49)33(57)39(63)34(58)26(19)50/h1-6,65,68H. The fourth-order valence-corrected chi connectivity index (χ4v) is 7.65. The number of fused-ring (bicyclic) bond motifs is 8. The second kappa shape index (κ2) is 16.2. The number of aromatic nitrogens is 4. The summed E-state index contributed by atoms with van der Waals surface area (Å²) in [5.41, 5.74) is -25.4. The van der Waals surface area contributed by atoms with Crippen LogP contribution in [0.15, 0.2) is 12.1 Å². The summed E-state index contributed by atoms with van der Waals surface area (Å²) in [5, 5.41) is 0. The molecule has 70 heavy (non-hydrogen) atoms. The Hall–Kier alpha value is -8.32. The zero-order valence-corrected chi connectivity index (χ0v) is 32.7. The molecule has 6 aromatic rings. The third kappa shape index (κ3) is 6.44. The SMILES string of the molecule is O=C1C(=O)c2[nH]c1c(-c1c(F)c(F)c(F)c(F)c1F)c1nc(c(-c3c(F)c(F)c(F)c(F)c3F)c3ccc([nH]3)c(-c3c(F)c(F)c(F)c(F)c3F)c3nc(c2-c2c(F)c(F)c(F)c(F)c2F)C=C3)C=C1. The number of carbonyl (C=O) groups excluding carboxylic acids is 2. The van der Waals surface area contributed by atoms with Gasteiger partial charge in [0.25, 0.3) is 11.6 Å². The number of nitrogens with one attached hydrogen (secondary N) is 2. The molecule has 2 aromatic heterocycles. The molecule has 356 valence electrons. The summed E-state index contributed by atoms with van der Waals surface area (Å²) >= 11 is 0. The first kappa shape index (κ1) is 46.8. The van der Waals surface area contributed by atoms with Gasteiger partial charge in [0, 0.05) is 33.3 Å². The van der Waals surface area contributed by atoms with Gasteiger partial charge in [0.15, 0.2) is 93.1 Å². The van der Waals surface area contributed by atoms with Gasteiger partial charge in [0.2, 0.25) is 23.3 Å². The Morgan fingerprint density at radius 3 is 0.700 bits per heavy atom. The van der Waals surface area contributed by atoms with Gasteiger partial charge in [-0.25, -0.2) is 97.8 Å². The molecule has 9 rings (SSSR count). The Bertz CT molecular complexity index is 3430. The van der Waals surface area contributed by atoms with Crippen molar-refractivity contribution in [3.8, 4) is 44.5 Å². The van der Waals surface area contributed by atoms with Crippen molar-refractivity contribution in [2.75, 3.05) is 0 Å². The van der Waals surface area contributed by atoms with E-state index in [0.717, 1.165) is 0 Å². The number of halogens is 20. The number of hydrogen-bond donors (Lipinski definition) is 2. The molecule has 0 spiro atoms. The van der Waals surface area contributed by atoms with Crippen LogP contribution in [0.25, 0.3) is 79.8 Å². The van der Waals surface area contributed by atoms with Crippen LogP contribution in [0.3, 0.4) is 0 Å². The fraction of sp³-hybridized carbons (Fsp3) is 0. The van der Waals surface area contributed by atoms with Crippen molar-refractivity contribution in [2.24, 2.45) is 0 Å². The summed E-state index contributed by atoms with van der Waals surface area (Å²) in [6.45, 7) is 0. The van der Waals surface area contributed by atoms with Gasteiger partial charge in [-0.2, -0.15) is 0 Å². The average Bonchev–Trinajstić information content (AvgIpc) is 4.18. The zero-order chi connectivity index (χ0) is 51.0. The molecule has 6 nitrogen and oxygen atoms in total. The molecule has 0 unspecified atom stereocenters. The second-order valence-corrected chi connectivity index (χ2v) is 14.5. The summed E-state index contributed by atoms with van der Waals surface area (Å²) in [4.78, 5) is 39.4. The lowest BCUT2D eigenvalue weighted by Gasteiger charge is -2.12. The van der Waals surface area contributed by atoms with Gasteiger partial charge in [0.05, 0.1) is 45.0 Å². The number of nitrogens with zero attached hydrogens (tertiary/aromatic N) is 2. The highest BCUT2D eigenvalue weighted by Gasteiger charge is 2.40. The minimum Gasteiger partial charge on any atom is -0.354 e. The van der Waals surface area contributed by atoms with Crippen molar-refractivity contribution in [2.45, 2.75) is 0 Å². The van der Waals surface area contributed by atoms with E-state index in [2.05, 4.69) is 15.0 Å². The fourth-order valence-electron chi connectivity index (χ4n) is 7.65. The van der Waals surface area contributed by atoms with Crippen LogP contribution in [0.5, 0.6) is 0 Å². The number of ketones is 2. The molecule has 3 aliphatic heterocycles. The molecule has 8 bridgehead atoms. The van der Waals surface area contributed by atoms with E-state index >= 15 is 35.1 Å². The van der Waals surface area contributed by atoms with Gasteiger partial charge < -0.3 is 9.97 Å². The van der Waals surface area contributed by atoms with E-state index in [1.54, 1.807) is 4.98 Å². The normalized spacial score (nSPS) is 12.8. The van der Waals surface area contributed by atoms with Crippen LogP contribution in [0, 0.1) is 116 Å². The van der Waals surface area contributed by atoms with Crippen molar-refractivity contribution < 1.29 is 97.4 Å². The van der Waals surface area contributed by atoms with Gasteiger partial charge in [-0.15, -0.1) is 0 Å². The largest absolute Gasteiger partial charge is 0.354 e. The monoisotopic (exact) mass is 1000 g/mol. The van der Waals surface area contributed by atoms with Gasteiger partial charge in [-0.05, 0) is 36.4 Å². The van der Waals surface area contributed by atoms with Crippen LogP contribution in [0.4, 0.5) is 87.8 Å². The lowest BCUT2D eigenvalue weighted by molar-refractivity contribution is 0.0826. The molecule has 0 radical (unpaired) electrons. The minimum atomic E-state index is -2.86. The number of H-pyrrole nitrogens is 2. The first-order chi connectivity index (χ1) is 32.9. The maximum absolute atomic E-state index is 15.8. The van der Waals surface area contributed by atoms with Crippen molar-refractivity contribution in [1.82, 2.24) is 19.9 Å². The summed E-state index contributed by atoms with van der Waals surface area (Å²) in [6.07, 6.45) is 1.64. The Morgan fingerprint density at radius 2 is 0.457 bits per heavy atom. The van der Waals surface area contributed by atoms with Crippen LogP contribution >= 0.6 is 0 Å². The molecule has 5 heterocycles. The van der Waals surface area contributed by atoms with Gasteiger partial charge in [-0.1, -0.05) is 0 Å². The molecule has 26 heteroatoms. The Balaban J connectivity index is 1.63. The number of Topliss-reactive ketones (excluding diaryl/α,β-unsaturated/α-hetero) is 2. The molecule has 0 saturated carbocycles. The van der Waals surface area contributed by atoms with E-state index < -0.39 is 218 Å². The highest BCUT2D eigenvalue weighted by molar-refractivity contribution is 6.52. The van der Waals surface area contributed by atoms with Crippen molar-refractivity contribution in [3.63, 3.8) is 0 Å². The second-order valence-electron chi connectivity index (χ2n) is 14.5. The molecule has 0 aliphatic carbocycles. The lowest BCUT2D eigenvalue weighted by Crippen LogP contribution is -2.12. The van der Waals surface area contributed by atoms with Crippen LogP contribution in [0.1, 0.15) is 43.8 Å². The van der Waals surface area contributed by atoms with Crippen LogP contribution < -0.4 is 0 Å². The molecular formula is C44H8F20N4O2. The summed E-state index contributed by atoms with van der Waals surface area (Å²) < 4.78 is 303. The Labute approximate surface area is 371 Å². The van der Waals surface area contributed by atoms with Gasteiger partial charge in [0.1, 0.15) is 11.4 Å². The van der Waals surface area contributed by atoms with Crippen molar-refractivity contribution in [3.05, 3.63) is 163 Å². The molecule has 0 saturated heterocycles. The molecule has 4 aromatic carbocycles. The predicted octanol–water partition coefficient (Wildman–Crippen LogP) is 12.9. The van der Waals surface area contributed by atoms with Crippen molar-refractivity contribution >= 4 is 46.9 Å². The molecule has 0 atom stereocenters. The molecule has 3 aliphatic rings. The number of rotatable bonds is 4. The van der Waals surface area contributed by atoms with Gasteiger partial charge in [-0.3, -0.25) is 9.59 Å². The Morgan fingerprint density at radius 1 is 0.257 bits per heavy atom. The van der Waals surface area contributed by atoms with Crippen molar-refractivity contribution in [1.29, 1.82) is 0 Å². The van der Waals surface area contributed by atoms with Crippen LogP contribution in [0.2, 0.25) is 0 Å². The first-order valence-corrected chi connectivity index (χ1v) is 18.6. The topological polar surface area (TPSA) is 91.5 Å². The van der Waals surface area contributed by atoms with E-state index in [1.165, 1.54) is 0 Å².